The van der Waals surface area contributed by atoms with E-state index in [1.807, 2.05) is 44.2 Å². The number of aliphatic hydroxyl groups is 1. The summed E-state index contributed by atoms with van der Waals surface area (Å²) in [4.78, 5) is 16.0. The van der Waals surface area contributed by atoms with Crippen LogP contribution in [0.5, 0.6) is 0 Å². The summed E-state index contributed by atoms with van der Waals surface area (Å²) in [5.74, 6) is 0.966. The Kier molecular flexibility index (Phi) is 4.81. The summed E-state index contributed by atoms with van der Waals surface area (Å²) in [6.07, 6.45) is 1.75. The fraction of sp³-hybridized carbons (Fsp3) is 0.316. The Labute approximate surface area is 146 Å². The molecule has 0 amide bonds. The van der Waals surface area contributed by atoms with E-state index in [-0.39, 0.29) is 24.3 Å². The molecule has 0 spiro atoms. The van der Waals surface area contributed by atoms with Gasteiger partial charge in [-0.2, -0.15) is 0 Å². The van der Waals surface area contributed by atoms with Gasteiger partial charge in [-0.1, -0.05) is 32.0 Å². The van der Waals surface area contributed by atoms with Crippen molar-refractivity contribution in [2.75, 3.05) is 11.9 Å². The quantitative estimate of drug-likeness (QED) is 0.675. The van der Waals surface area contributed by atoms with Crippen LogP contribution in [-0.2, 0) is 0 Å². The lowest BCUT2D eigenvalue weighted by molar-refractivity contribution is 0.101. The van der Waals surface area contributed by atoms with Crippen molar-refractivity contribution in [3.63, 3.8) is 0 Å². The van der Waals surface area contributed by atoms with Crippen molar-refractivity contribution in [2.24, 2.45) is 5.92 Å². The molecule has 2 heterocycles. The fourth-order valence-electron chi connectivity index (χ4n) is 2.66. The predicted octanol–water partition coefficient (Wildman–Crippen LogP) is 3.03. The zero-order chi connectivity index (χ0) is 18.0. The molecule has 0 fully saturated rings. The Morgan fingerprint density at radius 2 is 2.08 bits per heavy atom. The summed E-state index contributed by atoms with van der Waals surface area (Å²) in [7, 11) is 0. The number of rotatable bonds is 6. The lowest BCUT2D eigenvalue weighted by Gasteiger charge is -2.20. The number of anilines is 1. The molecule has 6 heteroatoms. The molecular weight excluding hydrogens is 316 g/mol. The number of hydrogen-bond donors (Lipinski definition) is 2. The minimum atomic E-state index is -0.0713. The molecule has 0 aliphatic rings. The minimum absolute atomic E-state index is 0.0220. The molecule has 0 radical (unpaired) electrons. The molecule has 25 heavy (non-hydrogen) atoms. The van der Waals surface area contributed by atoms with Gasteiger partial charge in [-0.15, -0.1) is 5.10 Å². The molecule has 1 atom stereocenters. The number of hydrogen-bond acceptors (Lipinski definition) is 5. The molecule has 1 unspecified atom stereocenters. The van der Waals surface area contributed by atoms with Crippen LogP contribution < -0.4 is 5.32 Å². The molecule has 0 aliphatic heterocycles. The number of carbonyl (C=O) groups is 1. The third-order valence-corrected chi connectivity index (χ3v) is 4.26. The number of aliphatic hydroxyl groups excluding tert-OH is 1. The summed E-state index contributed by atoms with van der Waals surface area (Å²) in [5.41, 5.74) is 3.07. The van der Waals surface area contributed by atoms with Crippen molar-refractivity contribution in [3.8, 4) is 11.3 Å². The molecule has 0 saturated carbocycles. The van der Waals surface area contributed by atoms with Crippen LogP contribution in [0.1, 0.15) is 31.1 Å². The summed E-state index contributed by atoms with van der Waals surface area (Å²) in [5, 5.41) is 17.4. The van der Waals surface area contributed by atoms with Gasteiger partial charge in [0.1, 0.15) is 5.82 Å². The normalized spacial score (nSPS) is 12.5. The van der Waals surface area contributed by atoms with Crippen molar-refractivity contribution in [1.82, 2.24) is 14.6 Å². The molecule has 3 aromatic rings. The monoisotopic (exact) mass is 338 g/mol. The summed E-state index contributed by atoms with van der Waals surface area (Å²) in [6.45, 7) is 5.67. The average molecular weight is 338 g/mol. The van der Waals surface area contributed by atoms with E-state index < -0.39 is 0 Å². The van der Waals surface area contributed by atoms with E-state index in [2.05, 4.69) is 15.4 Å². The number of Topliss-reactive ketones (excluding diaryl/α,β-unsaturated/α-hetero) is 1. The molecule has 6 nitrogen and oxygen atoms in total. The second kappa shape index (κ2) is 7.03. The first-order chi connectivity index (χ1) is 12.0. The van der Waals surface area contributed by atoms with Crippen LogP contribution in [0.2, 0.25) is 0 Å². The van der Waals surface area contributed by atoms with Crippen LogP contribution in [0, 0.1) is 5.92 Å². The largest absolute Gasteiger partial charge is 0.394 e. The molecule has 1 aromatic carbocycles. The van der Waals surface area contributed by atoms with Gasteiger partial charge in [0.05, 0.1) is 24.5 Å². The van der Waals surface area contributed by atoms with Crippen LogP contribution in [0.4, 0.5) is 5.82 Å². The molecule has 130 valence electrons. The van der Waals surface area contributed by atoms with Crippen molar-refractivity contribution < 1.29 is 9.90 Å². The Balaban J connectivity index is 2.01. The van der Waals surface area contributed by atoms with Gasteiger partial charge in [-0.05, 0) is 31.0 Å². The van der Waals surface area contributed by atoms with Crippen molar-refractivity contribution in [1.29, 1.82) is 0 Å². The van der Waals surface area contributed by atoms with Gasteiger partial charge in [-0.25, -0.2) is 9.50 Å². The van der Waals surface area contributed by atoms with E-state index in [4.69, 9.17) is 0 Å². The van der Waals surface area contributed by atoms with Crippen LogP contribution in [0.25, 0.3) is 16.9 Å². The van der Waals surface area contributed by atoms with Crippen LogP contribution >= 0.6 is 0 Å². The SMILES string of the molecule is CC(=O)c1cccc(-c2cnc3ccc(NC(CO)C(C)C)nn23)c1. The number of benzene rings is 1. The van der Waals surface area contributed by atoms with Gasteiger partial charge < -0.3 is 10.4 Å². The topological polar surface area (TPSA) is 79.5 Å². The number of nitrogens with one attached hydrogen (secondary N) is 1. The maximum atomic E-state index is 11.6. The number of nitrogens with zero attached hydrogens (tertiary/aromatic N) is 3. The van der Waals surface area contributed by atoms with E-state index >= 15 is 0 Å². The van der Waals surface area contributed by atoms with Crippen molar-refractivity contribution in [3.05, 3.63) is 48.2 Å². The zero-order valence-electron chi connectivity index (χ0n) is 14.6. The Bertz CT molecular complexity index is 901. The smallest absolute Gasteiger partial charge is 0.159 e. The Morgan fingerprint density at radius 3 is 2.76 bits per heavy atom. The van der Waals surface area contributed by atoms with E-state index in [0.717, 1.165) is 16.9 Å². The molecule has 3 rings (SSSR count). The number of imidazole rings is 1. The maximum absolute atomic E-state index is 11.6. The highest BCUT2D eigenvalue weighted by Gasteiger charge is 2.14. The van der Waals surface area contributed by atoms with Crippen LogP contribution in [-0.4, -0.2) is 38.1 Å². The lowest BCUT2D eigenvalue weighted by Crippen LogP contribution is -2.30. The van der Waals surface area contributed by atoms with E-state index in [1.54, 1.807) is 23.7 Å². The third kappa shape index (κ3) is 3.53. The maximum Gasteiger partial charge on any atom is 0.159 e. The van der Waals surface area contributed by atoms with Gasteiger partial charge in [0.15, 0.2) is 11.4 Å². The van der Waals surface area contributed by atoms with E-state index in [1.165, 1.54) is 0 Å². The van der Waals surface area contributed by atoms with Gasteiger partial charge in [-0.3, -0.25) is 4.79 Å². The second-order valence-corrected chi connectivity index (χ2v) is 6.45. The van der Waals surface area contributed by atoms with Crippen molar-refractivity contribution in [2.45, 2.75) is 26.8 Å². The summed E-state index contributed by atoms with van der Waals surface area (Å²) >= 11 is 0. The van der Waals surface area contributed by atoms with Gasteiger partial charge in [0.2, 0.25) is 0 Å². The van der Waals surface area contributed by atoms with Gasteiger partial charge in [0.25, 0.3) is 0 Å². The van der Waals surface area contributed by atoms with E-state index in [9.17, 15) is 9.90 Å². The first-order valence-corrected chi connectivity index (χ1v) is 8.33. The molecule has 0 aliphatic carbocycles. The molecule has 2 N–H and O–H groups in total. The van der Waals surface area contributed by atoms with E-state index in [0.29, 0.717) is 11.4 Å². The number of fused-ring (bicyclic) bond motifs is 1. The summed E-state index contributed by atoms with van der Waals surface area (Å²) in [6, 6.07) is 11.1. The molecule has 0 saturated heterocycles. The third-order valence-electron chi connectivity index (χ3n) is 4.26. The Morgan fingerprint density at radius 1 is 1.28 bits per heavy atom. The molecular formula is C19H22N4O2. The highest BCUT2D eigenvalue weighted by molar-refractivity contribution is 5.95. The first kappa shape index (κ1) is 17.1. The average Bonchev–Trinajstić information content (AvgIpc) is 3.02. The second-order valence-electron chi connectivity index (χ2n) is 6.45. The number of carbonyl (C=O) groups excluding carboxylic acids is 1. The number of ketones is 1. The zero-order valence-corrected chi connectivity index (χ0v) is 14.6. The van der Waals surface area contributed by atoms with Crippen molar-refractivity contribution >= 4 is 17.2 Å². The fourth-order valence-corrected chi connectivity index (χ4v) is 2.66. The lowest BCUT2D eigenvalue weighted by atomic mass is 10.1. The minimum Gasteiger partial charge on any atom is -0.394 e. The van der Waals surface area contributed by atoms with Crippen LogP contribution in [0.3, 0.4) is 0 Å². The van der Waals surface area contributed by atoms with Crippen LogP contribution in [0.15, 0.2) is 42.6 Å². The molecule has 0 bridgehead atoms. The highest BCUT2D eigenvalue weighted by atomic mass is 16.3. The van der Waals surface area contributed by atoms with Gasteiger partial charge >= 0.3 is 0 Å². The number of aromatic nitrogens is 3. The predicted molar refractivity (Wildman–Crippen MR) is 97.8 cm³/mol. The Hall–Kier alpha value is -2.73. The highest BCUT2D eigenvalue weighted by Crippen LogP contribution is 2.22. The first-order valence-electron chi connectivity index (χ1n) is 8.33. The van der Waals surface area contributed by atoms with Gasteiger partial charge in [0, 0.05) is 11.1 Å². The standard InChI is InChI=1S/C19H22N4O2/c1-12(2)16(11-24)21-18-7-8-19-20-10-17(23(19)22-18)15-6-4-5-14(9-15)13(3)25/h4-10,12,16,24H,11H2,1-3H3,(H,21,22). The molecule has 2 aromatic heterocycles. The summed E-state index contributed by atoms with van der Waals surface area (Å²) < 4.78 is 1.75.